The van der Waals surface area contributed by atoms with Gasteiger partial charge in [0.2, 0.25) is 0 Å². The fraction of sp³-hybridized carbons (Fsp3) is 0. The molecule has 2 heteroatoms. The molecule has 0 saturated carbocycles. The van der Waals surface area contributed by atoms with Crippen LogP contribution in [0, 0.1) is 0 Å². The van der Waals surface area contributed by atoms with E-state index in [1.807, 2.05) is 12.1 Å². The Hall–Kier alpha value is -7.68. The van der Waals surface area contributed by atoms with E-state index >= 15 is 0 Å². The molecule has 2 aromatic heterocycles. The molecular weight excluding hydrogens is 705 g/mol. The third kappa shape index (κ3) is 4.37. The summed E-state index contributed by atoms with van der Waals surface area (Å²) in [5.41, 5.74) is 10.3. The van der Waals surface area contributed by atoms with Gasteiger partial charge in [-0.15, -0.1) is 0 Å². The smallest absolute Gasteiger partial charge is 0.147 e. The fourth-order valence-corrected chi connectivity index (χ4v) is 9.91. The predicted molar refractivity (Wildman–Crippen MR) is 245 cm³/mol. The monoisotopic (exact) mass is 736 g/mol. The Labute approximate surface area is 332 Å². The first kappa shape index (κ1) is 31.5. The molecule has 268 valence electrons. The molecule has 2 heterocycles. The van der Waals surface area contributed by atoms with Gasteiger partial charge in [0, 0.05) is 27.1 Å². The highest BCUT2D eigenvalue weighted by atomic mass is 16.3. The SMILES string of the molecule is c1cc(-c2ccc3c4ccccc4c4ccccc4c3c2)cc(-c2c3ccccc3c(-c3c4oc5ccccc5c4cc4c3oc3ccccc34)c3ccccc23)c1. The number of para-hydroxylation sites is 2. The van der Waals surface area contributed by atoms with Crippen LogP contribution < -0.4 is 0 Å². The zero-order valence-corrected chi connectivity index (χ0v) is 31.3. The number of rotatable bonds is 3. The Bertz CT molecular complexity index is 3680. The van der Waals surface area contributed by atoms with Gasteiger partial charge in [0.05, 0.1) is 5.56 Å². The highest BCUT2D eigenvalue weighted by Crippen LogP contribution is 2.51. The van der Waals surface area contributed by atoms with Gasteiger partial charge >= 0.3 is 0 Å². The predicted octanol–water partition coefficient (Wildman–Crippen LogP) is 16.3. The van der Waals surface area contributed by atoms with Crippen molar-refractivity contribution in [3.63, 3.8) is 0 Å². The van der Waals surface area contributed by atoms with Gasteiger partial charge in [-0.05, 0) is 106 Å². The number of furan rings is 2. The van der Waals surface area contributed by atoms with Gasteiger partial charge in [-0.25, -0.2) is 0 Å². The van der Waals surface area contributed by atoms with Crippen molar-refractivity contribution >= 4 is 97.7 Å². The molecular formula is C56H32O2. The average molecular weight is 737 g/mol. The third-order valence-corrected chi connectivity index (χ3v) is 12.4. The first-order chi connectivity index (χ1) is 28.8. The van der Waals surface area contributed by atoms with Crippen molar-refractivity contribution in [3.05, 3.63) is 194 Å². The normalized spacial score (nSPS) is 12.1. The van der Waals surface area contributed by atoms with Crippen molar-refractivity contribution in [2.75, 3.05) is 0 Å². The molecule has 2 nitrogen and oxygen atoms in total. The van der Waals surface area contributed by atoms with Crippen molar-refractivity contribution in [3.8, 4) is 33.4 Å². The molecule has 58 heavy (non-hydrogen) atoms. The van der Waals surface area contributed by atoms with Crippen molar-refractivity contribution in [2.45, 2.75) is 0 Å². The Balaban J connectivity index is 1.09. The summed E-state index contributed by atoms with van der Waals surface area (Å²) in [4.78, 5) is 0. The van der Waals surface area contributed by atoms with Gasteiger partial charge in [0.25, 0.3) is 0 Å². The number of hydrogen-bond donors (Lipinski definition) is 0. The summed E-state index contributed by atoms with van der Waals surface area (Å²) in [6, 6.07) is 70.3. The number of fused-ring (bicyclic) bond motifs is 14. The molecule has 13 rings (SSSR count). The Morgan fingerprint density at radius 3 is 1.14 bits per heavy atom. The standard InChI is InChI=1S/C56H32O2/c1-2-18-38-36(16-1)37-17-3-4-19-39(37)47-31-34(28-29-40(38)47)33-14-13-15-35(30-33)52-43-22-5-7-24-45(43)53(46-25-8-6-23-44(46)52)54-55-48(41-20-9-11-26-50(41)57-55)32-49-42-21-10-12-27-51(42)58-56(49)54/h1-32H. The molecule has 13 aromatic rings. The first-order valence-electron chi connectivity index (χ1n) is 19.9. The van der Waals surface area contributed by atoms with Gasteiger partial charge in [-0.3, -0.25) is 0 Å². The number of benzene rings is 11. The van der Waals surface area contributed by atoms with Gasteiger partial charge in [-0.2, -0.15) is 0 Å². The molecule has 0 radical (unpaired) electrons. The summed E-state index contributed by atoms with van der Waals surface area (Å²) >= 11 is 0. The highest BCUT2D eigenvalue weighted by molar-refractivity contribution is 6.30. The molecule has 0 amide bonds. The maximum absolute atomic E-state index is 6.84. The van der Waals surface area contributed by atoms with E-state index < -0.39 is 0 Å². The lowest BCUT2D eigenvalue weighted by molar-refractivity contribution is 0.658. The summed E-state index contributed by atoms with van der Waals surface area (Å²) in [5.74, 6) is 0. The van der Waals surface area contributed by atoms with E-state index in [-0.39, 0.29) is 0 Å². The van der Waals surface area contributed by atoms with Crippen LogP contribution in [-0.4, -0.2) is 0 Å². The van der Waals surface area contributed by atoms with Crippen LogP contribution in [0.25, 0.3) is 131 Å². The van der Waals surface area contributed by atoms with Crippen LogP contribution >= 0.6 is 0 Å². The zero-order chi connectivity index (χ0) is 37.9. The van der Waals surface area contributed by atoms with E-state index in [9.17, 15) is 0 Å². The van der Waals surface area contributed by atoms with E-state index in [1.165, 1.54) is 65.3 Å². The quantitative estimate of drug-likeness (QED) is 0.133. The van der Waals surface area contributed by atoms with Crippen molar-refractivity contribution in [1.29, 1.82) is 0 Å². The van der Waals surface area contributed by atoms with Crippen LogP contribution in [0.1, 0.15) is 0 Å². The number of hydrogen-bond acceptors (Lipinski definition) is 2. The molecule has 0 saturated heterocycles. The minimum atomic E-state index is 0.842. The Morgan fingerprint density at radius 1 is 0.207 bits per heavy atom. The molecule has 0 N–H and O–H groups in total. The van der Waals surface area contributed by atoms with Gasteiger partial charge in [0.1, 0.15) is 22.3 Å². The molecule has 0 aliphatic rings. The molecule has 0 bridgehead atoms. The molecule has 0 atom stereocenters. The van der Waals surface area contributed by atoms with Crippen LogP contribution in [-0.2, 0) is 0 Å². The zero-order valence-electron chi connectivity index (χ0n) is 31.3. The van der Waals surface area contributed by atoms with Crippen LogP contribution in [0.3, 0.4) is 0 Å². The van der Waals surface area contributed by atoms with Crippen molar-refractivity contribution in [2.24, 2.45) is 0 Å². The second kappa shape index (κ2) is 11.9. The molecule has 11 aromatic carbocycles. The van der Waals surface area contributed by atoms with E-state index in [0.29, 0.717) is 0 Å². The summed E-state index contributed by atoms with van der Waals surface area (Å²) in [7, 11) is 0. The summed E-state index contributed by atoms with van der Waals surface area (Å²) in [6.07, 6.45) is 0. The Morgan fingerprint density at radius 2 is 0.603 bits per heavy atom. The second-order valence-corrected chi connectivity index (χ2v) is 15.5. The first-order valence-corrected chi connectivity index (χ1v) is 19.9. The van der Waals surface area contributed by atoms with Crippen LogP contribution in [0.4, 0.5) is 0 Å². The van der Waals surface area contributed by atoms with Crippen LogP contribution in [0.15, 0.2) is 203 Å². The van der Waals surface area contributed by atoms with E-state index in [1.54, 1.807) is 0 Å². The summed E-state index contributed by atoms with van der Waals surface area (Å²) in [5, 5.41) is 16.7. The topological polar surface area (TPSA) is 26.3 Å². The molecule has 0 unspecified atom stereocenters. The van der Waals surface area contributed by atoms with Crippen LogP contribution in [0.5, 0.6) is 0 Å². The molecule has 0 spiro atoms. The van der Waals surface area contributed by atoms with Gasteiger partial charge in [-0.1, -0.05) is 164 Å². The largest absolute Gasteiger partial charge is 0.455 e. The van der Waals surface area contributed by atoms with E-state index in [0.717, 1.165) is 65.8 Å². The molecule has 0 aliphatic carbocycles. The molecule has 0 fully saturated rings. The lowest BCUT2D eigenvalue weighted by Crippen LogP contribution is -1.92. The minimum Gasteiger partial charge on any atom is -0.455 e. The average Bonchev–Trinajstić information content (AvgIpc) is 3.86. The molecule has 0 aliphatic heterocycles. The highest BCUT2D eigenvalue weighted by Gasteiger charge is 2.25. The fourth-order valence-electron chi connectivity index (χ4n) is 9.91. The third-order valence-electron chi connectivity index (χ3n) is 12.4. The van der Waals surface area contributed by atoms with Crippen LogP contribution in [0.2, 0.25) is 0 Å². The van der Waals surface area contributed by atoms with Gasteiger partial charge < -0.3 is 8.83 Å². The second-order valence-electron chi connectivity index (χ2n) is 15.5. The maximum Gasteiger partial charge on any atom is 0.147 e. The van der Waals surface area contributed by atoms with Crippen molar-refractivity contribution in [1.82, 2.24) is 0 Å². The minimum absolute atomic E-state index is 0.842. The van der Waals surface area contributed by atoms with E-state index in [4.69, 9.17) is 8.83 Å². The Kier molecular flexibility index (Phi) is 6.47. The summed E-state index contributed by atoms with van der Waals surface area (Å²) < 4.78 is 13.7. The van der Waals surface area contributed by atoms with Gasteiger partial charge in [0.15, 0.2) is 0 Å². The lowest BCUT2D eigenvalue weighted by Gasteiger charge is -2.18. The van der Waals surface area contributed by atoms with E-state index in [2.05, 4.69) is 182 Å². The maximum atomic E-state index is 6.84. The van der Waals surface area contributed by atoms with Crippen molar-refractivity contribution < 1.29 is 8.83 Å². The summed E-state index contributed by atoms with van der Waals surface area (Å²) in [6.45, 7) is 0. The lowest BCUT2D eigenvalue weighted by atomic mass is 9.84.